The third-order valence-electron chi connectivity index (χ3n) is 2.76. The Balaban J connectivity index is 2.15. The summed E-state index contributed by atoms with van der Waals surface area (Å²) >= 11 is 0. The Bertz CT molecular complexity index is 623. The highest BCUT2D eigenvalue weighted by molar-refractivity contribution is 5.93. The highest BCUT2D eigenvalue weighted by atomic mass is 16.3. The summed E-state index contributed by atoms with van der Waals surface area (Å²) in [5.74, 6) is 5.12. The number of amides is 1. The van der Waals surface area contributed by atoms with Crippen LogP contribution in [0.5, 0.6) is 0 Å². The zero-order valence-corrected chi connectivity index (χ0v) is 10.6. The van der Waals surface area contributed by atoms with Crippen LogP contribution in [0.4, 0.5) is 0 Å². The summed E-state index contributed by atoms with van der Waals surface area (Å²) in [6, 6.07) is 1.56. The molecule has 2 aromatic heterocycles. The summed E-state index contributed by atoms with van der Waals surface area (Å²) in [6.07, 6.45) is 5.64. The largest absolute Gasteiger partial charge is 0.467 e. The van der Waals surface area contributed by atoms with Gasteiger partial charge in [-0.15, -0.1) is 0 Å². The third-order valence-corrected chi connectivity index (χ3v) is 2.76. The highest BCUT2D eigenvalue weighted by Crippen LogP contribution is 2.08. The number of hydrogen-bond donors (Lipinski definition) is 2. The molecule has 2 heterocycles. The fourth-order valence-corrected chi connectivity index (χ4v) is 1.82. The minimum Gasteiger partial charge on any atom is -0.467 e. The number of furan rings is 1. The molecule has 0 saturated heterocycles. The fraction of sp³-hybridized carbons (Fsp3) is 0.333. The van der Waals surface area contributed by atoms with E-state index in [1.807, 2.05) is 12.3 Å². The van der Waals surface area contributed by atoms with Crippen LogP contribution in [-0.2, 0) is 13.1 Å². The van der Waals surface area contributed by atoms with Crippen LogP contribution < -0.4 is 17.0 Å². The van der Waals surface area contributed by atoms with Crippen LogP contribution in [0.2, 0.25) is 0 Å². The van der Waals surface area contributed by atoms with E-state index >= 15 is 0 Å². The summed E-state index contributed by atoms with van der Waals surface area (Å²) in [5.41, 5.74) is 2.26. The van der Waals surface area contributed by atoms with E-state index in [1.165, 1.54) is 10.8 Å². The molecule has 0 atom stereocenters. The summed E-state index contributed by atoms with van der Waals surface area (Å²) in [4.78, 5) is 23.2. The van der Waals surface area contributed by atoms with Gasteiger partial charge in [-0.05, 0) is 12.5 Å². The fourth-order valence-electron chi connectivity index (χ4n) is 1.82. The smallest absolute Gasteiger partial charge is 0.328 e. The van der Waals surface area contributed by atoms with Crippen molar-refractivity contribution in [3.8, 4) is 0 Å². The number of hydrogen-bond acceptors (Lipinski definition) is 4. The molecule has 102 valence electrons. The second-order valence-electron chi connectivity index (χ2n) is 4.18. The van der Waals surface area contributed by atoms with Gasteiger partial charge in [0, 0.05) is 18.9 Å². The maximum absolute atomic E-state index is 11.9. The average molecular weight is 264 g/mol. The molecular formula is C12H16N4O3. The van der Waals surface area contributed by atoms with Gasteiger partial charge in [-0.3, -0.25) is 19.4 Å². The predicted octanol–water partition coefficient (Wildman–Crippen LogP) is 0.305. The van der Waals surface area contributed by atoms with Crippen molar-refractivity contribution >= 4 is 5.91 Å². The SMILES string of the molecule is CCCn1ccn(Cc2cc(C(=O)NN)co2)c1=O. The minimum atomic E-state index is -0.425. The highest BCUT2D eigenvalue weighted by Gasteiger charge is 2.10. The normalized spacial score (nSPS) is 10.6. The van der Waals surface area contributed by atoms with E-state index in [0.29, 0.717) is 17.9 Å². The van der Waals surface area contributed by atoms with Crippen molar-refractivity contribution < 1.29 is 9.21 Å². The van der Waals surface area contributed by atoms with E-state index in [2.05, 4.69) is 0 Å². The number of rotatable bonds is 5. The van der Waals surface area contributed by atoms with Crippen LogP contribution >= 0.6 is 0 Å². The van der Waals surface area contributed by atoms with Gasteiger partial charge in [-0.25, -0.2) is 10.6 Å². The van der Waals surface area contributed by atoms with Crippen molar-refractivity contribution in [2.75, 3.05) is 0 Å². The Morgan fingerprint density at radius 3 is 2.84 bits per heavy atom. The summed E-state index contributed by atoms with van der Waals surface area (Å²) in [6.45, 7) is 2.98. The number of nitrogen functional groups attached to an aromatic ring is 1. The van der Waals surface area contributed by atoms with Gasteiger partial charge in [0.2, 0.25) is 0 Å². The van der Waals surface area contributed by atoms with Gasteiger partial charge in [0.25, 0.3) is 5.91 Å². The van der Waals surface area contributed by atoms with Crippen LogP contribution in [0.1, 0.15) is 29.5 Å². The van der Waals surface area contributed by atoms with Gasteiger partial charge in [0.1, 0.15) is 12.0 Å². The molecule has 0 fully saturated rings. The molecule has 2 aromatic rings. The number of aryl methyl sites for hydroxylation is 1. The van der Waals surface area contributed by atoms with Gasteiger partial charge < -0.3 is 4.42 Å². The van der Waals surface area contributed by atoms with Crippen LogP contribution in [0.25, 0.3) is 0 Å². The van der Waals surface area contributed by atoms with Gasteiger partial charge >= 0.3 is 5.69 Å². The predicted molar refractivity (Wildman–Crippen MR) is 68.4 cm³/mol. The van der Waals surface area contributed by atoms with E-state index < -0.39 is 5.91 Å². The molecule has 0 spiro atoms. The van der Waals surface area contributed by atoms with Gasteiger partial charge in [-0.2, -0.15) is 0 Å². The summed E-state index contributed by atoms with van der Waals surface area (Å²) < 4.78 is 8.39. The number of nitrogens with one attached hydrogen (secondary N) is 1. The van der Waals surface area contributed by atoms with Crippen LogP contribution in [0, 0.1) is 0 Å². The molecule has 0 saturated carbocycles. The van der Waals surface area contributed by atoms with Crippen LogP contribution in [0.15, 0.2) is 33.9 Å². The number of hydrazine groups is 1. The lowest BCUT2D eigenvalue weighted by Gasteiger charge is -1.98. The Labute approximate surface area is 109 Å². The Morgan fingerprint density at radius 1 is 1.42 bits per heavy atom. The first-order valence-corrected chi connectivity index (χ1v) is 5.99. The molecule has 7 heteroatoms. The molecule has 0 bridgehead atoms. The van der Waals surface area contributed by atoms with Gasteiger partial charge in [0.05, 0.1) is 12.1 Å². The van der Waals surface area contributed by atoms with Crippen LogP contribution in [0.3, 0.4) is 0 Å². The first kappa shape index (κ1) is 13.2. The van der Waals surface area contributed by atoms with Crippen molar-refractivity contribution in [3.63, 3.8) is 0 Å². The molecule has 7 nitrogen and oxygen atoms in total. The lowest BCUT2D eigenvalue weighted by atomic mass is 10.3. The molecule has 2 rings (SSSR count). The second kappa shape index (κ2) is 5.57. The maximum atomic E-state index is 11.9. The van der Waals surface area contributed by atoms with Crippen molar-refractivity contribution in [2.45, 2.75) is 26.4 Å². The monoisotopic (exact) mass is 264 g/mol. The third kappa shape index (κ3) is 2.76. The molecule has 0 aliphatic rings. The Hall–Kier alpha value is -2.28. The number of nitrogens with two attached hydrogens (primary N) is 1. The standard InChI is InChI=1S/C12H16N4O3/c1-2-3-15-4-5-16(12(15)18)7-10-6-9(8-19-10)11(17)14-13/h4-6,8H,2-3,7,13H2,1H3,(H,14,17). The molecule has 3 N–H and O–H groups in total. The van der Waals surface area contributed by atoms with Crippen LogP contribution in [-0.4, -0.2) is 15.0 Å². The van der Waals surface area contributed by atoms with E-state index in [0.717, 1.165) is 6.42 Å². The first-order chi connectivity index (χ1) is 9.15. The molecule has 0 aliphatic carbocycles. The quantitative estimate of drug-likeness (QED) is 0.461. The van der Waals surface area contributed by atoms with Crippen molar-refractivity contribution in [2.24, 2.45) is 5.84 Å². The number of carbonyl (C=O) groups excluding carboxylic acids is 1. The minimum absolute atomic E-state index is 0.0944. The topological polar surface area (TPSA) is 95.2 Å². The molecule has 0 unspecified atom stereocenters. The zero-order chi connectivity index (χ0) is 13.8. The first-order valence-electron chi connectivity index (χ1n) is 5.99. The molecule has 0 aliphatic heterocycles. The van der Waals surface area contributed by atoms with Crippen molar-refractivity contribution in [1.82, 2.24) is 14.6 Å². The van der Waals surface area contributed by atoms with Crippen molar-refractivity contribution in [1.29, 1.82) is 0 Å². The molecule has 1 amide bonds. The van der Waals surface area contributed by atoms with E-state index in [4.69, 9.17) is 10.3 Å². The Morgan fingerprint density at radius 2 is 2.16 bits per heavy atom. The summed E-state index contributed by atoms with van der Waals surface area (Å²) in [5, 5.41) is 0. The second-order valence-corrected chi connectivity index (χ2v) is 4.18. The number of nitrogens with zero attached hydrogens (tertiary/aromatic N) is 2. The lowest BCUT2D eigenvalue weighted by Crippen LogP contribution is -2.29. The number of carbonyl (C=O) groups is 1. The van der Waals surface area contributed by atoms with E-state index in [-0.39, 0.29) is 12.2 Å². The number of imidazole rings is 1. The van der Waals surface area contributed by atoms with Crippen molar-refractivity contribution in [3.05, 3.63) is 46.5 Å². The lowest BCUT2D eigenvalue weighted by molar-refractivity contribution is 0.0953. The maximum Gasteiger partial charge on any atom is 0.328 e. The van der Waals surface area contributed by atoms with E-state index in [9.17, 15) is 9.59 Å². The van der Waals surface area contributed by atoms with Gasteiger partial charge in [-0.1, -0.05) is 6.92 Å². The average Bonchev–Trinajstić information content (AvgIpc) is 3.00. The summed E-state index contributed by atoms with van der Waals surface area (Å²) in [7, 11) is 0. The number of aromatic nitrogens is 2. The van der Waals surface area contributed by atoms with E-state index in [1.54, 1.807) is 23.0 Å². The molecule has 19 heavy (non-hydrogen) atoms. The zero-order valence-electron chi connectivity index (χ0n) is 10.6. The Kier molecular flexibility index (Phi) is 3.86. The molecule has 0 aromatic carbocycles. The van der Waals surface area contributed by atoms with Gasteiger partial charge in [0.15, 0.2) is 0 Å². The molecule has 0 radical (unpaired) electrons. The molecular weight excluding hydrogens is 248 g/mol.